The molecule has 3 rings (SSSR count). The van der Waals surface area contributed by atoms with Crippen molar-refractivity contribution in [2.24, 2.45) is 5.92 Å². The van der Waals surface area contributed by atoms with Crippen LogP contribution in [0.25, 0.3) is 0 Å². The van der Waals surface area contributed by atoms with Gasteiger partial charge in [0.05, 0.1) is 0 Å². The lowest BCUT2D eigenvalue weighted by molar-refractivity contribution is -0.131. The quantitative estimate of drug-likeness (QED) is 0.792. The molecular formula is C18H17BrFNO. The third kappa shape index (κ3) is 3.38. The van der Waals surface area contributed by atoms with E-state index in [1.165, 1.54) is 17.7 Å². The van der Waals surface area contributed by atoms with Crippen LogP contribution in [0.5, 0.6) is 0 Å². The van der Waals surface area contributed by atoms with Gasteiger partial charge in [-0.15, -0.1) is 0 Å². The van der Waals surface area contributed by atoms with E-state index >= 15 is 0 Å². The molecule has 0 spiro atoms. The normalized spacial score (nSPS) is 19.8. The van der Waals surface area contributed by atoms with E-state index in [1.54, 1.807) is 17.0 Å². The molecule has 2 aromatic rings. The van der Waals surface area contributed by atoms with Crippen LogP contribution in [0.4, 0.5) is 4.39 Å². The highest BCUT2D eigenvalue weighted by atomic mass is 79.9. The fraction of sp³-hybridized carbons (Fsp3) is 0.278. The molecule has 1 aliphatic carbocycles. The van der Waals surface area contributed by atoms with Gasteiger partial charge in [0.1, 0.15) is 5.82 Å². The first-order chi connectivity index (χ1) is 10.5. The Morgan fingerprint density at radius 3 is 2.68 bits per heavy atom. The van der Waals surface area contributed by atoms with E-state index in [-0.39, 0.29) is 17.6 Å². The molecule has 0 saturated heterocycles. The predicted octanol–water partition coefficient (Wildman–Crippen LogP) is 4.35. The summed E-state index contributed by atoms with van der Waals surface area (Å²) in [6.45, 7) is 0.515. The summed E-state index contributed by atoms with van der Waals surface area (Å²) < 4.78 is 14.0. The Hall–Kier alpha value is -1.68. The molecular weight excluding hydrogens is 345 g/mol. The van der Waals surface area contributed by atoms with Crippen molar-refractivity contribution >= 4 is 21.8 Å². The van der Waals surface area contributed by atoms with Gasteiger partial charge in [0.25, 0.3) is 0 Å². The van der Waals surface area contributed by atoms with Crippen molar-refractivity contribution < 1.29 is 9.18 Å². The number of hydrogen-bond acceptors (Lipinski definition) is 1. The van der Waals surface area contributed by atoms with Crippen LogP contribution in [0.1, 0.15) is 23.5 Å². The van der Waals surface area contributed by atoms with Gasteiger partial charge in [-0.3, -0.25) is 4.79 Å². The van der Waals surface area contributed by atoms with E-state index in [2.05, 4.69) is 28.1 Å². The Morgan fingerprint density at radius 2 is 2.00 bits per heavy atom. The van der Waals surface area contributed by atoms with E-state index in [0.717, 1.165) is 16.5 Å². The number of hydrogen-bond donors (Lipinski definition) is 0. The maximum absolute atomic E-state index is 12.9. The van der Waals surface area contributed by atoms with Crippen LogP contribution in [0, 0.1) is 11.7 Å². The predicted molar refractivity (Wildman–Crippen MR) is 87.9 cm³/mol. The number of halogens is 2. The number of carbonyl (C=O) groups excluding carboxylic acids is 1. The molecule has 0 radical (unpaired) electrons. The molecule has 1 fully saturated rings. The summed E-state index contributed by atoms with van der Waals surface area (Å²) in [5.74, 6) is 0.296. The third-order valence-corrected chi connectivity index (χ3v) is 4.59. The van der Waals surface area contributed by atoms with E-state index < -0.39 is 0 Å². The van der Waals surface area contributed by atoms with Crippen LogP contribution in [0.3, 0.4) is 0 Å². The molecule has 114 valence electrons. The monoisotopic (exact) mass is 361 g/mol. The second-order valence-corrected chi connectivity index (χ2v) is 6.74. The second-order valence-electron chi connectivity index (χ2n) is 5.82. The molecule has 2 aromatic carbocycles. The summed E-state index contributed by atoms with van der Waals surface area (Å²) in [7, 11) is 1.81. The van der Waals surface area contributed by atoms with Gasteiger partial charge < -0.3 is 4.90 Å². The number of nitrogens with zero attached hydrogens (tertiary/aromatic N) is 1. The number of benzene rings is 2. The van der Waals surface area contributed by atoms with E-state index in [0.29, 0.717) is 12.5 Å². The Kier molecular flexibility index (Phi) is 4.30. The van der Waals surface area contributed by atoms with Gasteiger partial charge in [-0.2, -0.15) is 0 Å². The molecule has 4 heteroatoms. The Bertz CT molecular complexity index is 686. The summed E-state index contributed by atoms with van der Waals surface area (Å²) in [6, 6.07) is 14.4. The summed E-state index contributed by atoms with van der Waals surface area (Å²) in [4.78, 5) is 14.2. The maximum Gasteiger partial charge on any atom is 0.226 e. The van der Waals surface area contributed by atoms with Gasteiger partial charge in [-0.1, -0.05) is 40.2 Å². The van der Waals surface area contributed by atoms with Crippen LogP contribution in [-0.4, -0.2) is 17.9 Å². The lowest BCUT2D eigenvalue weighted by atomic mass is 10.1. The Morgan fingerprint density at radius 1 is 1.27 bits per heavy atom. The minimum atomic E-state index is -0.255. The van der Waals surface area contributed by atoms with Crippen molar-refractivity contribution in [2.45, 2.75) is 18.9 Å². The molecule has 1 saturated carbocycles. The average molecular weight is 362 g/mol. The first-order valence-electron chi connectivity index (χ1n) is 7.29. The summed E-state index contributed by atoms with van der Waals surface area (Å²) >= 11 is 3.47. The number of carbonyl (C=O) groups is 1. The molecule has 0 bridgehead atoms. The van der Waals surface area contributed by atoms with Crippen LogP contribution in [0.15, 0.2) is 53.0 Å². The van der Waals surface area contributed by atoms with E-state index in [1.807, 2.05) is 19.2 Å². The Balaban J connectivity index is 1.61. The summed E-state index contributed by atoms with van der Waals surface area (Å²) in [6.07, 6.45) is 0.906. The van der Waals surface area contributed by atoms with Crippen molar-refractivity contribution in [3.63, 3.8) is 0 Å². The largest absolute Gasteiger partial charge is 0.341 e. The fourth-order valence-electron chi connectivity index (χ4n) is 2.80. The van der Waals surface area contributed by atoms with Crippen molar-refractivity contribution in [3.05, 3.63) is 69.9 Å². The topological polar surface area (TPSA) is 20.3 Å². The molecule has 0 N–H and O–H groups in total. The molecule has 1 amide bonds. The highest BCUT2D eigenvalue weighted by molar-refractivity contribution is 9.10. The molecule has 1 aliphatic rings. The highest BCUT2D eigenvalue weighted by Crippen LogP contribution is 2.48. The minimum absolute atomic E-state index is 0.0692. The summed E-state index contributed by atoms with van der Waals surface area (Å²) in [5.41, 5.74) is 2.15. The van der Waals surface area contributed by atoms with Crippen LogP contribution >= 0.6 is 15.9 Å². The zero-order valence-electron chi connectivity index (χ0n) is 12.3. The molecule has 0 aromatic heterocycles. The molecule has 0 heterocycles. The van der Waals surface area contributed by atoms with Crippen molar-refractivity contribution in [1.29, 1.82) is 0 Å². The van der Waals surface area contributed by atoms with Gasteiger partial charge in [-0.25, -0.2) is 4.39 Å². The number of amides is 1. The molecule has 2 nitrogen and oxygen atoms in total. The van der Waals surface area contributed by atoms with E-state index in [9.17, 15) is 9.18 Å². The Labute approximate surface area is 138 Å². The van der Waals surface area contributed by atoms with Crippen molar-refractivity contribution in [2.75, 3.05) is 7.05 Å². The fourth-order valence-corrected chi connectivity index (χ4v) is 3.22. The van der Waals surface area contributed by atoms with Crippen LogP contribution in [-0.2, 0) is 11.3 Å². The smallest absolute Gasteiger partial charge is 0.226 e. The average Bonchev–Trinajstić information content (AvgIpc) is 3.29. The summed E-state index contributed by atoms with van der Waals surface area (Å²) in [5, 5.41) is 0. The molecule has 2 unspecified atom stereocenters. The minimum Gasteiger partial charge on any atom is -0.341 e. The van der Waals surface area contributed by atoms with Gasteiger partial charge in [0.2, 0.25) is 5.91 Å². The maximum atomic E-state index is 12.9. The van der Waals surface area contributed by atoms with Gasteiger partial charge in [-0.05, 0) is 47.7 Å². The van der Waals surface area contributed by atoms with Crippen molar-refractivity contribution in [1.82, 2.24) is 4.90 Å². The molecule has 0 aliphatic heterocycles. The second kappa shape index (κ2) is 6.21. The number of rotatable bonds is 4. The molecule has 22 heavy (non-hydrogen) atoms. The zero-order chi connectivity index (χ0) is 15.7. The SMILES string of the molecule is CN(Cc1ccc(F)cc1)C(=O)C1CC1c1cccc(Br)c1. The standard InChI is InChI=1S/C18H17BrFNO/c1-21(11-12-5-7-15(20)8-6-12)18(22)17-10-16(17)13-3-2-4-14(19)9-13/h2-9,16-17H,10-11H2,1H3. The van der Waals surface area contributed by atoms with Crippen LogP contribution in [0.2, 0.25) is 0 Å². The highest BCUT2D eigenvalue weighted by Gasteiger charge is 2.45. The van der Waals surface area contributed by atoms with Gasteiger partial charge >= 0.3 is 0 Å². The lowest BCUT2D eigenvalue weighted by Gasteiger charge is -2.17. The van der Waals surface area contributed by atoms with E-state index in [4.69, 9.17) is 0 Å². The zero-order valence-corrected chi connectivity index (χ0v) is 13.9. The van der Waals surface area contributed by atoms with Gasteiger partial charge in [0.15, 0.2) is 0 Å². The first kappa shape index (κ1) is 15.2. The first-order valence-corrected chi connectivity index (χ1v) is 8.09. The van der Waals surface area contributed by atoms with Gasteiger partial charge in [0, 0.05) is 24.0 Å². The molecule has 2 atom stereocenters. The van der Waals surface area contributed by atoms with Crippen molar-refractivity contribution in [3.8, 4) is 0 Å². The third-order valence-electron chi connectivity index (χ3n) is 4.09. The lowest BCUT2D eigenvalue weighted by Crippen LogP contribution is -2.28. The van der Waals surface area contributed by atoms with Crippen LogP contribution < -0.4 is 0 Å².